The van der Waals surface area contributed by atoms with E-state index in [9.17, 15) is 13.2 Å². The lowest BCUT2D eigenvalue weighted by Crippen LogP contribution is -2.29. The molecule has 1 aromatic rings. The van der Waals surface area contributed by atoms with Crippen LogP contribution in [0.4, 0.5) is 5.69 Å². The topological polar surface area (TPSA) is 75.7 Å². The molecule has 0 unspecified atom stereocenters. The Hall–Kier alpha value is -1.76. The van der Waals surface area contributed by atoms with Gasteiger partial charge in [-0.15, -0.1) is 0 Å². The highest BCUT2D eigenvalue weighted by Gasteiger charge is 2.14. The van der Waals surface area contributed by atoms with Crippen LogP contribution in [0.3, 0.4) is 0 Å². The Bertz CT molecular complexity index is 555. The minimum atomic E-state index is -3.29. The number of nitrogens with one attached hydrogen (secondary N) is 1. The fraction of sp³-hybridized carbons (Fsp3) is 0.500. The SMILES string of the molecule is CCCNC(=O)COc1ccc(N(CC)S(C)(=O)=O)cc1. The van der Waals surface area contributed by atoms with Crippen LogP contribution in [-0.2, 0) is 14.8 Å². The summed E-state index contributed by atoms with van der Waals surface area (Å²) in [4.78, 5) is 11.4. The predicted octanol–water partition coefficient (Wildman–Crippen LogP) is 1.38. The average molecular weight is 314 g/mol. The normalized spacial score (nSPS) is 11.0. The number of hydrogen-bond donors (Lipinski definition) is 1. The Balaban J connectivity index is 2.64. The van der Waals surface area contributed by atoms with Gasteiger partial charge in [0.05, 0.1) is 11.9 Å². The summed E-state index contributed by atoms with van der Waals surface area (Å²) in [6.45, 7) is 4.67. The fourth-order valence-corrected chi connectivity index (χ4v) is 2.76. The Kier molecular flexibility index (Phi) is 6.48. The quantitative estimate of drug-likeness (QED) is 0.786. The minimum absolute atomic E-state index is 0.0527. The largest absolute Gasteiger partial charge is 0.484 e. The summed E-state index contributed by atoms with van der Waals surface area (Å²) in [5, 5.41) is 2.71. The van der Waals surface area contributed by atoms with Gasteiger partial charge in [-0.1, -0.05) is 6.92 Å². The van der Waals surface area contributed by atoms with Crippen LogP contribution in [0, 0.1) is 0 Å². The van der Waals surface area contributed by atoms with E-state index >= 15 is 0 Å². The van der Waals surface area contributed by atoms with Crippen molar-refractivity contribution in [1.82, 2.24) is 5.32 Å². The number of carbonyl (C=O) groups is 1. The lowest BCUT2D eigenvalue weighted by atomic mass is 10.3. The van der Waals surface area contributed by atoms with Gasteiger partial charge in [0.2, 0.25) is 10.0 Å². The number of sulfonamides is 1. The van der Waals surface area contributed by atoms with Gasteiger partial charge in [-0.25, -0.2) is 8.42 Å². The third-order valence-corrected chi connectivity index (χ3v) is 4.02. The number of anilines is 1. The van der Waals surface area contributed by atoms with Gasteiger partial charge in [0.1, 0.15) is 5.75 Å². The molecule has 0 saturated carbocycles. The Morgan fingerprint density at radius 1 is 1.24 bits per heavy atom. The molecule has 0 atom stereocenters. The first-order valence-corrected chi connectivity index (χ1v) is 8.70. The summed E-state index contributed by atoms with van der Waals surface area (Å²) >= 11 is 0. The molecule has 0 aliphatic carbocycles. The van der Waals surface area contributed by atoms with Gasteiger partial charge in [-0.3, -0.25) is 9.10 Å². The molecule has 0 aliphatic heterocycles. The predicted molar refractivity (Wildman–Crippen MR) is 83.1 cm³/mol. The molecule has 0 aromatic heterocycles. The summed E-state index contributed by atoms with van der Waals surface area (Å²) < 4.78 is 29.8. The Morgan fingerprint density at radius 2 is 1.86 bits per heavy atom. The molecule has 1 amide bonds. The second-order valence-corrected chi connectivity index (χ2v) is 6.47. The molecule has 6 nitrogen and oxygen atoms in total. The highest BCUT2D eigenvalue weighted by Crippen LogP contribution is 2.21. The summed E-state index contributed by atoms with van der Waals surface area (Å²) in [5.74, 6) is 0.349. The highest BCUT2D eigenvalue weighted by atomic mass is 32.2. The van der Waals surface area contributed by atoms with E-state index in [1.807, 2.05) is 6.92 Å². The van der Waals surface area contributed by atoms with Crippen LogP contribution in [0.25, 0.3) is 0 Å². The number of rotatable bonds is 8. The number of hydrogen-bond acceptors (Lipinski definition) is 4. The van der Waals surface area contributed by atoms with Crippen molar-refractivity contribution in [2.45, 2.75) is 20.3 Å². The average Bonchev–Trinajstić information content (AvgIpc) is 2.43. The third kappa shape index (κ3) is 5.63. The van der Waals surface area contributed by atoms with Crippen molar-refractivity contribution in [3.63, 3.8) is 0 Å². The first-order valence-electron chi connectivity index (χ1n) is 6.85. The smallest absolute Gasteiger partial charge is 0.257 e. The standard InChI is InChI=1S/C14H22N2O4S/c1-4-10-15-14(17)11-20-13-8-6-12(7-9-13)16(5-2)21(3,18)19/h6-9H,4-5,10-11H2,1-3H3,(H,15,17). The zero-order chi connectivity index (χ0) is 15.9. The maximum atomic E-state index is 11.6. The van der Waals surface area contributed by atoms with E-state index in [4.69, 9.17) is 4.74 Å². The Morgan fingerprint density at radius 3 is 2.33 bits per heavy atom. The molecule has 0 bridgehead atoms. The number of benzene rings is 1. The molecule has 0 saturated heterocycles. The molecule has 21 heavy (non-hydrogen) atoms. The Labute approximate surface area is 126 Å². The van der Waals surface area contributed by atoms with E-state index in [1.165, 1.54) is 10.6 Å². The molecule has 1 rings (SSSR count). The summed E-state index contributed by atoms with van der Waals surface area (Å²) in [5.41, 5.74) is 0.572. The number of carbonyl (C=O) groups excluding carboxylic acids is 1. The summed E-state index contributed by atoms with van der Waals surface area (Å²) in [7, 11) is -3.29. The molecule has 1 aromatic carbocycles. The van der Waals surface area contributed by atoms with Crippen molar-refractivity contribution in [3.05, 3.63) is 24.3 Å². The summed E-state index contributed by atoms with van der Waals surface area (Å²) in [6, 6.07) is 6.61. The van der Waals surface area contributed by atoms with Crippen LogP contribution in [0.5, 0.6) is 5.75 Å². The van der Waals surface area contributed by atoms with Crippen molar-refractivity contribution in [3.8, 4) is 5.75 Å². The molecule has 0 fully saturated rings. The van der Waals surface area contributed by atoms with Gasteiger partial charge >= 0.3 is 0 Å². The summed E-state index contributed by atoms with van der Waals surface area (Å²) in [6.07, 6.45) is 2.04. The number of nitrogens with zero attached hydrogens (tertiary/aromatic N) is 1. The van der Waals surface area contributed by atoms with Crippen molar-refractivity contribution in [2.24, 2.45) is 0 Å². The highest BCUT2D eigenvalue weighted by molar-refractivity contribution is 7.92. The van der Waals surface area contributed by atoms with Crippen LogP contribution in [-0.4, -0.2) is 40.3 Å². The molecular weight excluding hydrogens is 292 g/mol. The van der Waals surface area contributed by atoms with E-state index in [2.05, 4.69) is 5.32 Å². The third-order valence-electron chi connectivity index (χ3n) is 2.75. The minimum Gasteiger partial charge on any atom is -0.484 e. The van der Waals surface area contributed by atoms with E-state index < -0.39 is 10.0 Å². The van der Waals surface area contributed by atoms with Crippen LogP contribution in [0.1, 0.15) is 20.3 Å². The molecule has 0 heterocycles. The lowest BCUT2D eigenvalue weighted by Gasteiger charge is -2.20. The van der Waals surface area contributed by atoms with Gasteiger partial charge in [0, 0.05) is 13.1 Å². The molecule has 0 aliphatic rings. The second kappa shape index (κ2) is 7.87. The molecule has 0 spiro atoms. The van der Waals surface area contributed by atoms with E-state index in [0.717, 1.165) is 6.42 Å². The second-order valence-electron chi connectivity index (χ2n) is 4.56. The van der Waals surface area contributed by atoms with Gasteiger partial charge < -0.3 is 10.1 Å². The molecular formula is C14H22N2O4S. The number of ether oxygens (including phenoxy) is 1. The van der Waals surface area contributed by atoms with E-state index in [0.29, 0.717) is 24.5 Å². The lowest BCUT2D eigenvalue weighted by molar-refractivity contribution is -0.123. The van der Waals surface area contributed by atoms with Gasteiger partial charge in [0.25, 0.3) is 5.91 Å². The van der Waals surface area contributed by atoms with Gasteiger partial charge in [-0.2, -0.15) is 0 Å². The van der Waals surface area contributed by atoms with Crippen molar-refractivity contribution in [2.75, 3.05) is 30.3 Å². The van der Waals surface area contributed by atoms with Crippen LogP contribution < -0.4 is 14.4 Å². The van der Waals surface area contributed by atoms with Gasteiger partial charge in [-0.05, 0) is 37.6 Å². The molecule has 7 heteroatoms. The van der Waals surface area contributed by atoms with Crippen LogP contribution >= 0.6 is 0 Å². The number of amides is 1. The van der Waals surface area contributed by atoms with Gasteiger partial charge in [0.15, 0.2) is 6.61 Å². The fourth-order valence-electron chi connectivity index (χ4n) is 1.78. The zero-order valence-corrected chi connectivity index (χ0v) is 13.4. The van der Waals surface area contributed by atoms with Crippen LogP contribution in [0.2, 0.25) is 0 Å². The van der Waals surface area contributed by atoms with Crippen molar-refractivity contribution >= 4 is 21.6 Å². The van der Waals surface area contributed by atoms with E-state index in [-0.39, 0.29) is 12.5 Å². The van der Waals surface area contributed by atoms with Crippen molar-refractivity contribution in [1.29, 1.82) is 0 Å². The van der Waals surface area contributed by atoms with Crippen molar-refractivity contribution < 1.29 is 17.9 Å². The molecule has 1 N–H and O–H groups in total. The maximum Gasteiger partial charge on any atom is 0.257 e. The molecule has 0 radical (unpaired) electrons. The zero-order valence-electron chi connectivity index (χ0n) is 12.6. The first kappa shape index (κ1) is 17.3. The van der Waals surface area contributed by atoms with Crippen LogP contribution in [0.15, 0.2) is 24.3 Å². The monoisotopic (exact) mass is 314 g/mol. The first-order chi connectivity index (χ1) is 9.88. The van der Waals surface area contributed by atoms with E-state index in [1.54, 1.807) is 31.2 Å². The maximum absolute atomic E-state index is 11.6. The molecule has 118 valence electrons.